The van der Waals surface area contributed by atoms with Crippen molar-refractivity contribution in [3.8, 4) is 6.01 Å². The lowest BCUT2D eigenvalue weighted by Crippen LogP contribution is -2.12. The summed E-state index contributed by atoms with van der Waals surface area (Å²) < 4.78 is 11.0. The molecule has 0 saturated heterocycles. The van der Waals surface area contributed by atoms with Gasteiger partial charge >= 0.3 is 6.01 Å². The average Bonchev–Trinajstić information content (AvgIpc) is 2.81. The molecule has 2 rings (SSSR count). The summed E-state index contributed by atoms with van der Waals surface area (Å²) in [5.41, 5.74) is 0. The number of ether oxygens (including phenoxy) is 1. The van der Waals surface area contributed by atoms with Crippen LogP contribution in [0.5, 0.6) is 6.01 Å². The Morgan fingerprint density at radius 2 is 1.95 bits per heavy atom. The summed E-state index contributed by atoms with van der Waals surface area (Å²) in [5.74, 6) is 2.58. The molecule has 0 aromatic carbocycles. The van der Waals surface area contributed by atoms with Crippen molar-refractivity contribution in [3.63, 3.8) is 0 Å². The number of hydrogen-bond acceptors (Lipinski definition) is 7. The van der Waals surface area contributed by atoms with Gasteiger partial charge < -0.3 is 19.8 Å². The summed E-state index contributed by atoms with van der Waals surface area (Å²) in [7, 11) is 1.74. The van der Waals surface area contributed by atoms with Crippen molar-refractivity contribution in [1.82, 2.24) is 15.0 Å². The molecule has 0 saturated carbocycles. The Kier molecular flexibility index (Phi) is 4.39. The van der Waals surface area contributed by atoms with Gasteiger partial charge in [0.25, 0.3) is 0 Å². The van der Waals surface area contributed by atoms with Gasteiger partial charge in [-0.1, -0.05) is 0 Å². The smallest absolute Gasteiger partial charge is 0.323 e. The molecule has 7 nitrogen and oxygen atoms in total. The van der Waals surface area contributed by atoms with E-state index >= 15 is 0 Å². The zero-order chi connectivity index (χ0) is 14.5. The first-order valence-corrected chi connectivity index (χ1v) is 6.46. The number of nitrogens with one attached hydrogen (secondary N) is 2. The highest BCUT2D eigenvalue weighted by Gasteiger charge is 2.08. The number of rotatable bonds is 6. The maximum Gasteiger partial charge on any atom is 0.323 e. The van der Waals surface area contributed by atoms with Crippen molar-refractivity contribution in [3.05, 3.63) is 23.7 Å². The second-order valence-corrected chi connectivity index (χ2v) is 4.55. The van der Waals surface area contributed by atoms with E-state index in [-0.39, 0.29) is 12.1 Å². The third-order valence-electron chi connectivity index (χ3n) is 2.40. The molecule has 2 N–H and O–H groups in total. The monoisotopic (exact) mass is 277 g/mol. The first kappa shape index (κ1) is 14.1. The van der Waals surface area contributed by atoms with E-state index < -0.39 is 0 Å². The Balaban J connectivity index is 2.09. The van der Waals surface area contributed by atoms with E-state index in [9.17, 15) is 0 Å². The van der Waals surface area contributed by atoms with Crippen molar-refractivity contribution < 1.29 is 9.15 Å². The van der Waals surface area contributed by atoms with Crippen molar-refractivity contribution in [2.75, 3.05) is 17.7 Å². The molecular formula is C13H19N5O2. The molecule has 0 aliphatic rings. The predicted octanol–water partition coefficient (Wildman–Crippen LogP) is 2.21. The van der Waals surface area contributed by atoms with E-state index in [4.69, 9.17) is 9.15 Å². The fourth-order valence-electron chi connectivity index (χ4n) is 1.56. The summed E-state index contributed by atoms with van der Waals surface area (Å²) in [4.78, 5) is 12.6. The van der Waals surface area contributed by atoms with E-state index in [0.717, 1.165) is 11.5 Å². The van der Waals surface area contributed by atoms with Crippen LogP contribution in [0.15, 0.2) is 16.5 Å². The number of nitrogens with zero attached hydrogens (tertiary/aromatic N) is 3. The first-order chi connectivity index (χ1) is 9.56. The largest absolute Gasteiger partial charge is 0.465 e. The van der Waals surface area contributed by atoms with Gasteiger partial charge in [-0.25, -0.2) is 0 Å². The van der Waals surface area contributed by atoms with Gasteiger partial charge in [-0.3, -0.25) is 0 Å². The summed E-state index contributed by atoms with van der Waals surface area (Å²) in [5, 5.41) is 5.96. The van der Waals surface area contributed by atoms with Crippen LogP contribution in [-0.4, -0.2) is 28.1 Å². The van der Waals surface area contributed by atoms with Crippen LogP contribution < -0.4 is 15.4 Å². The molecule has 0 aliphatic heterocycles. The summed E-state index contributed by atoms with van der Waals surface area (Å²) in [6.45, 7) is 6.24. The number of furan rings is 1. The van der Waals surface area contributed by atoms with Crippen LogP contribution in [0.3, 0.4) is 0 Å². The quantitative estimate of drug-likeness (QED) is 0.837. The van der Waals surface area contributed by atoms with Gasteiger partial charge in [0.2, 0.25) is 11.9 Å². The SMILES string of the molecule is CNc1nc(NCc2ccc(C)o2)nc(OC(C)C)n1. The van der Waals surface area contributed by atoms with Gasteiger partial charge in [0.05, 0.1) is 12.6 Å². The zero-order valence-corrected chi connectivity index (χ0v) is 12.1. The summed E-state index contributed by atoms with van der Waals surface area (Å²) in [6, 6.07) is 4.11. The average molecular weight is 277 g/mol. The van der Waals surface area contributed by atoms with Crippen molar-refractivity contribution in [2.24, 2.45) is 0 Å². The van der Waals surface area contributed by atoms with Crippen LogP contribution in [0.2, 0.25) is 0 Å². The standard InChI is InChI=1S/C13H19N5O2/c1-8(2)19-13-17-11(14-4)16-12(18-13)15-7-10-6-5-9(3)20-10/h5-6,8H,7H2,1-4H3,(H2,14,15,16,17,18). The predicted molar refractivity (Wildman–Crippen MR) is 75.9 cm³/mol. The van der Waals surface area contributed by atoms with Crippen LogP contribution in [0.25, 0.3) is 0 Å². The Bertz CT molecular complexity index is 568. The van der Waals surface area contributed by atoms with Crippen molar-refractivity contribution >= 4 is 11.9 Å². The van der Waals surface area contributed by atoms with E-state index in [2.05, 4.69) is 25.6 Å². The fourth-order valence-corrected chi connectivity index (χ4v) is 1.56. The number of hydrogen-bond donors (Lipinski definition) is 2. The lowest BCUT2D eigenvalue weighted by Gasteiger charge is -2.10. The molecule has 20 heavy (non-hydrogen) atoms. The van der Waals surface area contributed by atoms with Crippen LogP contribution >= 0.6 is 0 Å². The highest BCUT2D eigenvalue weighted by Crippen LogP contribution is 2.14. The van der Waals surface area contributed by atoms with E-state index in [1.807, 2.05) is 32.9 Å². The van der Waals surface area contributed by atoms with Gasteiger partial charge in [0.15, 0.2) is 0 Å². The topological polar surface area (TPSA) is 85.1 Å². The van der Waals surface area contributed by atoms with Gasteiger partial charge in [-0.15, -0.1) is 0 Å². The Morgan fingerprint density at radius 3 is 2.55 bits per heavy atom. The maximum atomic E-state index is 5.49. The lowest BCUT2D eigenvalue weighted by molar-refractivity contribution is 0.222. The normalized spacial score (nSPS) is 10.7. The lowest BCUT2D eigenvalue weighted by atomic mass is 10.4. The van der Waals surface area contributed by atoms with E-state index in [0.29, 0.717) is 18.4 Å². The van der Waals surface area contributed by atoms with Crippen LogP contribution in [0.4, 0.5) is 11.9 Å². The molecule has 108 valence electrons. The number of aromatic nitrogens is 3. The molecule has 0 atom stereocenters. The van der Waals surface area contributed by atoms with Gasteiger partial charge in [0.1, 0.15) is 11.5 Å². The molecule has 0 radical (unpaired) electrons. The first-order valence-electron chi connectivity index (χ1n) is 6.46. The molecule has 0 unspecified atom stereocenters. The molecule has 2 aromatic rings. The Morgan fingerprint density at radius 1 is 1.20 bits per heavy atom. The van der Waals surface area contributed by atoms with Crippen LogP contribution in [0, 0.1) is 6.92 Å². The molecule has 2 aromatic heterocycles. The highest BCUT2D eigenvalue weighted by atomic mass is 16.5. The number of anilines is 2. The Labute approximate surface area is 117 Å². The molecule has 0 bridgehead atoms. The maximum absolute atomic E-state index is 5.49. The number of aryl methyl sites for hydroxylation is 1. The molecule has 0 fully saturated rings. The summed E-state index contributed by atoms with van der Waals surface area (Å²) in [6.07, 6.45) is 0.00248. The minimum absolute atomic E-state index is 0.00248. The van der Waals surface area contributed by atoms with Crippen molar-refractivity contribution in [2.45, 2.75) is 33.4 Å². The van der Waals surface area contributed by atoms with Crippen LogP contribution in [-0.2, 0) is 6.54 Å². The second kappa shape index (κ2) is 6.23. The minimum Gasteiger partial charge on any atom is -0.465 e. The third kappa shape index (κ3) is 3.84. The fraction of sp³-hybridized carbons (Fsp3) is 0.462. The highest BCUT2D eigenvalue weighted by molar-refractivity contribution is 5.35. The van der Waals surface area contributed by atoms with Crippen molar-refractivity contribution in [1.29, 1.82) is 0 Å². The molecule has 0 aliphatic carbocycles. The van der Waals surface area contributed by atoms with Gasteiger partial charge in [-0.05, 0) is 32.9 Å². The van der Waals surface area contributed by atoms with Gasteiger partial charge in [0, 0.05) is 7.05 Å². The zero-order valence-electron chi connectivity index (χ0n) is 12.1. The molecular weight excluding hydrogens is 258 g/mol. The third-order valence-corrected chi connectivity index (χ3v) is 2.40. The summed E-state index contributed by atoms with van der Waals surface area (Å²) >= 11 is 0. The minimum atomic E-state index is 0.00248. The van der Waals surface area contributed by atoms with E-state index in [1.54, 1.807) is 7.05 Å². The van der Waals surface area contributed by atoms with Crippen LogP contribution in [0.1, 0.15) is 25.4 Å². The molecule has 0 amide bonds. The molecule has 0 spiro atoms. The van der Waals surface area contributed by atoms with Gasteiger partial charge in [-0.2, -0.15) is 15.0 Å². The van der Waals surface area contributed by atoms with E-state index in [1.165, 1.54) is 0 Å². The second-order valence-electron chi connectivity index (χ2n) is 4.55. The molecule has 2 heterocycles. The molecule has 7 heteroatoms. The Hall–Kier alpha value is -2.31.